The number of pyridine rings is 1. The minimum atomic E-state index is 0.290. The highest BCUT2D eigenvalue weighted by Crippen LogP contribution is 2.36. The van der Waals surface area contributed by atoms with E-state index in [-0.39, 0.29) is 0 Å². The first-order valence-corrected chi connectivity index (χ1v) is 12.3. The smallest absolute Gasteiger partial charge is 0.162 e. The predicted molar refractivity (Wildman–Crippen MR) is 138 cm³/mol. The Labute approximate surface area is 207 Å². The number of carbonyl (C=O) groups is 1. The molecule has 2 heterocycles. The fourth-order valence-electron chi connectivity index (χ4n) is 4.38. The molecular formula is C28H35N3O4. The van der Waals surface area contributed by atoms with Crippen LogP contribution in [0.1, 0.15) is 24.8 Å². The summed E-state index contributed by atoms with van der Waals surface area (Å²) >= 11 is 0. The molecule has 0 N–H and O–H groups in total. The van der Waals surface area contributed by atoms with Crippen molar-refractivity contribution in [2.24, 2.45) is 0 Å². The van der Waals surface area contributed by atoms with Crippen LogP contribution >= 0.6 is 0 Å². The van der Waals surface area contributed by atoms with Gasteiger partial charge in [-0.3, -0.25) is 9.78 Å². The average molecular weight is 478 g/mol. The van der Waals surface area contributed by atoms with Crippen molar-refractivity contribution in [1.29, 1.82) is 0 Å². The van der Waals surface area contributed by atoms with E-state index in [0.29, 0.717) is 41.6 Å². The number of piperazine rings is 1. The fourth-order valence-corrected chi connectivity index (χ4v) is 4.38. The zero-order valence-corrected chi connectivity index (χ0v) is 21.0. The summed E-state index contributed by atoms with van der Waals surface area (Å²) in [7, 11) is 5.38. The summed E-state index contributed by atoms with van der Waals surface area (Å²) < 4.78 is 16.9. The van der Waals surface area contributed by atoms with E-state index in [1.807, 2.05) is 42.5 Å². The van der Waals surface area contributed by atoms with E-state index in [0.717, 1.165) is 62.0 Å². The lowest BCUT2D eigenvalue weighted by atomic mass is 10.0. The number of Topliss-reactive ketones (excluding diaryl/α,β-unsaturated/α-hetero) is 1. The summed E-state index contributed by atoms with van der Waals surface area (Å²) in [4.78, 5) is 21.7. The van der Waals surface area contributed by atoms with Gasteiger partial charge in [0.1, 0.15) is 17.3 Å². The molecule has 2 aromatic carbocycles. The topological polar surface area (TPSA) is 64.1 Å². The van der Waals surface area contributed by atoms with E-state index < -0.39 is 0 Å². The summed E-state index contributed by atoms with van der Waals surface area (Å²) in [6, 6.07) is 13.3. The minimum Gasteiger partial charge on any atom is -0.493 e. The number of aromatic nitrogens is 1. The van der Waals surface area contributed by atoms with E-state index in [1.165, 1.54) is 0 Å². The van der Waals surface area contributed by atoms with Gasteiger partial charge in [0.15, 0.2) is 11.5 Å². The van der Waals surface area contributed by atoms with Gasteiger partial charge in [-0.1, -0.05) is 12.1 Å². The fraction of sp³-hybridized carbons (Fsp3) is 0.429. The Hall–Kier alpha value is -3.16. The predicted octanol–water partition coefficient (Wildman–Crippen LogP) is 4.57. The second kappa shape index (κ2) is 12.0. The second-order valence-electron chi connectivity index (χ2n) is 9.10. The van der Waals surface area contributed by atoms with Crippen LogP contribution in [0.4, 0.5) is 0 Å². The quantitative estimate of drug-likeness (QED) is 0.375. The van der Waals surface area contributed by atoms with Crippen LogP contribution in [0, 0.1) is 0 Å². The van der Waals surface area contributed by atoms with Gasteiger partial charge >= 0.3 is 0 Å². The molecule has 0 unspecified atom stereocenters. The molecule has 0 bridgehead atoms. The molecule has 4 rings (SSSR count). The second-order valence-corrected chi connectivity index (χ2v) is 9.10. The number of carbonyl (C=O) groups excluding carboxylic acids is 1. The van der Waals surface area contributed by atoms with Crippen LogP contribution in [-0.4, -0.2) is 74.6 Å². The highest BCUT2D eigenvalue weighted by atomic mass is 16.5. The van der Waals surface area contributed by atoms with Gasteiger partial charge < -0.3 is 24.0 Å². The molecule has 186 valence electrons. The summed E-state index contributed by atoms with van der Waals surface area (Å²) in [6.07, 6.45) is 4.85. The summed E-state index contributed by atoms with van der Waals surface area (Å²) in [5.41, 5.74) is 1.77. The van der Waals surface area contributed by atoms with Gasteiger partial charge in [-0.25, -0.2) is 0 Å². The number of methoxy groups -OCH3 is 2. The maximum atomic E-state index is 12.5. The molecule has 7 nitrogen and oxygen atoms in total. The zero-order chi connectivity index (χ0) is 24.6. The monoisotopic (exact) mass is 477 g/mol. The first kappa shape index (κ1) is 24.9. The molecule has 0 spiro atoms. The summed E-state index contributed by atoms with van der Waals surface area (Å²) in [6.45, 7) is 5.64. The molecule has 7 heteroatoms. The molecule has 1 aliphatic rings. The number of nitrogens with zero attached hydrogens (tertiary/aromatic N) is 3. The molecule has 35 heavy (non-hydrogen) atoms. The Bertz CT molecular complexity index is 1130. The molecule has 0 atom stereocenters. The van der Waals surface area contributed by atoms with Crippen molar-refractivity contribution in [3.8, 4) is 23.0 Å². The van der Waals surface area contributed by atoms with Crippen LogP contribution in [-0.2, 0) is 11.2 Å². The zero-order valence-electron chi connectivity index (χ0n) is 21.0. The molecule has 1 aromatic heterocycles. The van der Waals surface area contributed by atoms with Crippen molar-refractivity contribution in [3.63, 3.8) is 0 Å². The average Bonchev–Trinajstić information content (AvgIpc) is 2.88. The third-order valence-corrected chi connectivity index (χ3v) is 6.54. The summed E-state index contributed by atoms with van der Waals surface area (Å²) in [5.74, 6) is 2.92. The Kier molecular flexibility index (Phi) is 8.55. The largest absolute Gasteiger partial charge is 0.493 e. The highest BCUT2D eigenvalue weighted by Gasteiger charge is 2.14. The number of hydrogen-bond donors (Lipinski definition) is 0. The van der Waals surface area contributed by atoms with E-state index in [9.17, 15) is 4.79 Å². The van der Waals surface area contributed by atoms with Crippen molar-refractivity contribution in [1.82, 2.24) is 14.8 Å². The van der Waals surface area contributed by atoms with Gasteiger partial charge in [-0.2, -0.15) is 0 Å². The molecule has 0 amide bonds. The Morgan fingerprint density at radius 1 is 0.914 bits per heavy atom. The SMILES string of the molecule is COc1cc2nccc(Oc3ccc(CC(=O)CCCCN4CCN(C)CC4)cc3)c2cc1OC. The Morgan fingerprint density at radius 2 is 1.63 bits per heavy atom. The number of ether oxygens (including phenoxy) is 3. The van der Waals surface area contributed by atoms with Crippen molar-refractivity contribution < 1.29 is 19.0 Å². The normalized spacial score (nSPS) is 14.7. The first-order chi connectivity index (χ1) is 17.1. The Morgan fingerprint density at radius 3 is 2.34 bits per heavy atom. The van der Waals surface area contributed by atoms with Crippen LogP contribution in [0.25, 0.3) is 10.9 Å². The Balaban J connectivity index is 1.29. The number of unbranched alkanes of at least 4 members (excludes halogenated alkanes) is 1. The standard InChI is InChI=1S/C28H35N3O4/c1-30-14-16-31(17-15-30)13-5-4-6-22(32)18-21-7-9-23(10-8-21)35-26-11-12-29-25-20-28(34-3)27(33-2)19-24(25)26/h7-12,19-20H,4-6,13-18H2,1-3H3. The third kappa shape index (κ3) is 6.71. The van der Waals surface area contributed by atoms with Gasteiger partial charge in [0, 0.05) is 56.7 Å². The van der Waals surface area contributed by atoms with E-state index >= 15 is 0 Å². The van der Waals surface area contributed by atoms with Crippen molar-refractivity contribution in [2.75, 3.05) is 54.0 Å². The van der Waals surface area contributed by atoms with Gasteiger partial charge in [0.2, 0.25) is 0 Å². The molecule has 0 radical (unpaired) electrons. The van der Waals surface area contributed by atoms with Crippen LogP contribution < -0.4 is 14.2 Å². The van der Waals surface area contributed by atoms with E-state index in [4.69, 9.17) is 14.2 Å². The maximum absolute atomic E-state index is 12.5. The van der Waals surface area contributed by atoms with E-state index in [2.05, 4.69) is 21.8 Å². The number of rotatable bonds is 11. The van der Waals surface area contributed by atoms with Crippen molar-refractivity contribution in [2.45, 2.75) is 25.7 Å². The van der Waals surface area contributed by atoms with E-state index in [1.54, 1.807) is 20.4 Å². The third-order valence-electron chi connectivity index (χ3n) is 6.54. The van der Waals surface area contributed by atoms with Gasteiger partial charge in [0.25, 0.3) is 0 Å². The minimum absolute atomic E-state index is 0.290. The van der Waals surface area contributed by atoms with Gasteiger partial charge in [-0.05, 0) is 56.3 Å². The van der Waals surface area contributed by atoms with Crippen LogP contribution in [0.15, 0.2) is 48.7 Å². The molecule has 0 saturated carbocycles. The number of ketones is 1. The maximum Gasteiger partial charge on any atom is 0.162 e. The van der Waals surface area contributed by atoms with Crippen molar-refractivity contribution >= 4 is 16.7 Å². The summed E-state index contributed by atoms with van der Waals surface area (Å²) in [5, 5.41) is 0.834. The van der Waals surface area contributed by atoms with Gasteiger partial charge in [0.05, 0.1) is 19.7 Å². The van der Waals surface area contributed by atoms with Crippen LogP contribution in [0.5, 0.6) is 23.0 Å². The van der Waals surface area contributed by atoms with Crippen molar-refractivity contribution in [3.05, 3.63) is 54.2 Å². The number of hydrogen-bond acceptors (Lipinski definition) is 7. The molecule has 3 aromatic rings. The number of likely N-dealkylation sites (N-methyl/N-ethyl adjacent to an activating group) is 1. The molecule has 1 aliphatic heterocycles. The number of benzene rings is 2. The highest BCUT2D eigenvalue weighted by molar-refractivity contribution is 5.88. The van der Waals surface area contributed by atoms with Crippen LogP contribution in [0.2, 0.25) is 0 Å². The number of fused-ring (bicyclic) bond motifs is 1. The lowest BCUT2D eigenvalue weighted by molar-refractivity contribution is -0.118. The van der Waals surface area contributed by atoms with Crippen LogP contribution in [0.3, 0.4) is 0 Å². The molecule has 1 fully saturated rings. The molecule has 0 aliphatic carbocycles. The first-order valence-electron chi connectivity index (χ1n) is 12.3. The lowest BCUT2D eigenvalue weighted by Gasteiger charge is -2.32. The van der Waals surface area contributed by atoms with Gasteiger partial charge in [-0.15, -0.1) is 0 Å². The lowest BCUT2D eigenvalue weighted by Crippen LogP contribution is -2.44. The molecule has 1 saturated heterocycles. The molecular weight excluding hydrogens is 442 g/mol.